The second-order valence-electron chi connectivity index (χ2n) is 7.15. The highest BCUT2D eigenvalue weighted by Gasteiger charge is 2.18. The number of H-pyrrole nitrogens is 1. The summed E-state index contributed by atoms with van der Waals surface area (Å²) in [6, 6.07) is 22.4. The summed E-state index contributed by atoms with van der Waals surface area (Å²) in [6.07, 6.45) is 1.11. The zero-order valence-corrected chi connectivity index (χ0v) is 15.4. The van der Waals surface area contributed by atoms with E-state index in [4.69, 9.17) is 5.73 Å². The zero-order valence-electron chi connectivity index (χ0n) is 15.4. The molecule has 1 aliphatic heterocycles. The largest absolute Gasteiger partial charge is 0.367 e. The molecule has 3 aromatic carbocycles. The van der Waals surface area contributed by atoms with Crippen molar-refractivity contribution < 1.29 is 4.79 Å². The molecule has 0 atom stereocenters. The number of nitrogens with two attached hydrogens (primary N) is 1. The lowest BCUT2D eigenvalue weighted by Gasteiger charge is -2.19. The van der Waals surface area contributed by atoms with Gasteiger partial charge in [-0.05, 0) is 35.7 Å². The zero-order chi connectivity index (χ0) is 19.1. The summed E-state index contributed by atoms with van der Waals surface area (Å²) in [5.74, 6) is 0.270. The first-order chi connectivity index (χ1) is 13.7. The Bertz CT molecular complexity index is 1180. The molecular weight excluding hydrogens is 348 g/mol. The molecule has 138 valence electrons. The van der Waals surface area contributed by atoms with Gasteiger partial charge in [0.2, 0.25) is 0 Å². The van der Waals surface area contributed by atoms with E-state index in [0.29, 0.717) is 11.1 Å². The van der Waals surface area contributed by atoms with Crippen molar-refractivity contribution in [1.82, 2.24) is 9.97 Å². The van der Waals surface area contributed by atoms with Crippen molar-refractivity contribution in [2.24, 2.45) is 5.73 Å². The monoisotopic (exact) mass is 368 g/mol. The van der Waals surface area contributed by atoms with Gasteiger partial charge in [0, 0.05) is 24.3 Å². The fraction of sp³-hybridized carbons (Fsp3) is 0.130. The molecule has 0 saturated carbocycles. The molecule has 0 radical (unpaired) electrons. The molecule has 0 spiro atoms. The summed E-state index contributed by atoms with van der Waals surface area (Å²) in [6.45, 7) is 1.95. The van der Waals surface area contributed by atoms with Crippen LogP contribution in [-0.2, 0) is 13.0 Å². The summed E-state index contributed by atoms with van der Waals surface area (Å²) in [5, 5.41) is 0. The van der Waals surface area contributed by atoms with Crippen molar-refractivity contribution in [3.8, 4) is 11.4 Å². The van der Waals surface area contributed by atoms with Gasteiger partial charge in [0.05, 0.1) is 11.1 Å². The summed E-state index contributed by atoms with van der Waals surface area (Å²) >= 11 is 0. The third kappa shape index (κ3) is 2.81. The van der Waals surface area contributed by atoms with Gasteiger partial charge in [0.15, 0.2) is 0 Å². The Balaban J connectivity index is 1.41. The molecule has 1 aliphatic rings. The number of hydrogen-bond donors (Lipinski definition) is 2. The molecule has 5 heteroatoms. The molecule has 5 nitrogen and oxygen atoms in total. The van der Waals surface area contributed by atoms with Crippen LogP contribution in [0, 0.1) is 0 Å². The number of aromatic nitrogens is 2. The van der Waals surface area contributed by atoms with E-state index < -0.39 is 5.91 Å². The Morgan fingerprint density at radius 1 is 1.04 bits per heavy atom. The van der Waals surface area contributed by atoms with Gasteiger partial charge >= 0.3 is 0 Å². The molecule has 4 aromatic rings. The topological polar surface area (TPSA) is 75.0 Å². The van der Waals surface area contributed by atoms with Crippen LogP contribution in [0.2, 0.25) is 0 Å². The minimum absolute atomic E-state index is 0.435. The van der Waals surface area contributed by atoms with Gasteiger partial charge in [-0.15, -0.1) is 0 Å². The number of hydrogen-bond acceptors (Lipinski definition) is 3. The molecule has 0 saturated heterocycles. The fourth-order valence-corrected chi connectivity index (χ4v) is 3.93. The summed E-state index contributed by atoms with van der Waals surface area (Å²) in [4.78, 5) is 21.9. The van der Waals surface area contributed by atoms with Crippen LogP contribution in [0.4, 0.5) is 5.69 Å². The number of nitrogens with one attached hydrogen (secondary N) is 1. The minimum Gasteiger partial charge on any atom is -0.367 e. The first kappa shape index (κ1) is 16.6. The quantitative estimate of drug-likeness (QED) is 0.574. The van der Waals surface area contributed by atoms with Crippen LogP contribution in [0.5, 0.6) is 0 Å². The number of para-hydroxylation sites is 2. The van der Waals surface area contributed by atoms with Gasteiger partial charge < -0.3 is 15.6 Å². The maximum Gasteiger partial charge on any atom is 0.250 e. The lowest BCUT2D eigenvalue weighted by molar-refractivity contribution is 0.100. The van der Waals surface area contributed by atoms with Crippen LogP contribution >= 0.6 is 0 Å². The van der Waals surface area contributed by atoms with E-state index in [1.54, 1.807) is 12.1 Å². The Morgan fingerprint density at radius 3 is 2.68 bits per heavy atom. The number of carbonyl (C=O) groups excluding carboxylic acids is 1. The van der Waals surface area contributed by atoms with Crippen LogP contribution in [-0.4, -0.2) is 22.4 Å². The van der Waals surface area contributed by atoms with Crippen LogP contribution in [0.25, 0.3) is 22.4 Å². The second-order valence-corrected chi connectivity index (χ2v) is 7.15. The Labute approximate surface area is 162 Å². The van der Waals surface area contributed by atoms with Crippen molar-refractivity contribution in [2.75, 3.05) is 11.4 Å². The third-order valence-corrected chi connectivity index (χ3v) is 5.36. The number of amides is 1. The van der Waals surface area contributed by atoms with Crippen molar-refractivity contribution in [2.45, 2.75) is 13.0 Å². The predicted molar refractivity (Wildman–Crippen MR) is 111 cm³/mol. The number of carbonyl (C=O) groups is 1. The third-order valence-electron chi connectivity index (χ3n) is 5.36. The number of benzene rings is 3. The number of aromatic amines is 1. The number of fused-ring (bicyclic) bond motifs is 2. The highest BCUT2D eigenvalue weighted by atomic mass is 16.1. The van der Waals surface area contributed by atoms with Gasteiger partial charge in [-0.25, -0.2) is 4.98 Å². The maximum atomic E-state index is 11.6. The van der Waals surface area contributed by atoms with E-state index in [-0.39, 0.29) is 0 Å². The lowest BCUT2D eigenvalue weighted by atomic mass is 10.1. The van der Waals surface area contributed by atoms with Crippen molar-refractivity contribution in [3.63, 3.8) is 0 Å². The number of primary amides is 1. The average molecular weight is 368 g/mol. The minimum atomic E-state index is -0.468. The number of rotatable bonds is 4. The predicted octanol–water partition coefficient (Wildman–Crippen LogP) is 3.89. The molecule has 0 bridgehead atoms. The lowest BCUT2D eigenvalue weighted by Crippen LogP contribution is -2.19. The van der Waals surface area contributed by atoms with Gasteiger partial charge in [-0.3, -0.25) is 4.79 Å². The summed E-state index contributed by atoms with van der Waals surface area (Å²) in [5.41, 5.74) is 12.3. The molecule has 0 fully saturated rings. The van der Waals surface area contributed by atoms with E-state index >= 15 is 0 Å². The van der Waals surface area contributed by atoms with Crippen molar-refractivity contribution in [1.29, 1.82) is 0 Å². The molecule has 3 N–H and O–H groups in total. The molecule has 1 amide bonds. The molecular formula is C23H20N4O. The van der Waals surface area contributed by atoms with E-state index in [9.17, 15) is 4.79 Å². The van der Waals surface area contributed by atoms with Crippen molar-refractivity contribution in [3.05, 3.63) is 83.4 Å². The van der Waals surface area contributed by atoms with E-state index in [2.05, 4.69) is 63.4 Å². The fourth-order valence-electron chi connectivity index (χ4n) is 3.93. The van der Waals surface area contributed by atoms with Crippen LogP contribution < -0.4 is 10.6 Å². The van der Waals surface area contributed by atoms with Gasteiger partial charge in [0.1, 0.15) is 11.3 Å². The van der Waals surface area contributed by atoms with E-state index in [1.165, 1.54) is 16.8 Å². The SMILES string of the molecule is NC(=O)c1cccc2[nH]c(-c3ccc(CN4CCc5ccccc54)cc3)nc12. The molecule has 0 aliphatic carbocycles. The Morgan fingerprint density at radius 2 is 1.86 bits per heavy atom. The highest BCUT2D eigenvalue weighted by Crippen LogP contribution is 2.29. The van der Waals surface area contributed by atoms with E-state index in [0.717, 1.165) is 36.4 Å². The molecule has 2 heterocycles. The maximum absolute atomic E-state index is 11.6. The van der Waals surface area contributed by atoms with E-state index in [1.807, 2.05) is 6.07 Å². The summed E-state index contributed by atoms with van der Waals surface area (Å²) in [7, 11) is 0. The van der Waals surface area contributed by atoms with Crippen LogP contribution in [0.3, 0.4) is 0 Å². The smallest absolute Gasteiger partial charge is 0.250 e. The molecule has 0 unspecified atom stereocenters. The molecule has 28 heavy (non-hydrogen) atoms. The first-order valence-electron chi connectivity index (χ1n) is 9.40. The number of imidazole rings is 1. The molecule has 1 aromatic heterocycles. The second kappa shape index (κ2) is 6.53. The number of anilines is 1. The van der Waals surface area contributed by atoms with Crippen LogP contribution in [0.1, 0.15) is 21.5 Å². The van der Waals surface area contributed by atoms with Gasteiger partial charge in [-0.2, -0.15) is 0 Å². The first-order valence-corrected chi connectivity index (χ1v) is 9.40. The molecule has 5 rings (SSSR count). The normalized spacial score (nSPS) is 13.1. The average Bonchev–Trinajstić information content (AvgIpc) is 3.33. The Kier molecular flexibility index (Phi) is 3.86. The van der Waals surface area contributed by atoms with Crippen molar-refractivity contribution >= 4 is 22.6 Å². The van der Waals surface area contributed by atoms with Crippen LogP contribution in [0.15, 0.2) is 66.7 Å². The van der Waals surface area contributed by atoms with Gasteiger partial charge in [0.25, 0.3) is 5.91 Å². The Hall–Kier alpha value is -3.60. The van der Waals surface area contributed by atoms with Gasteiger partial charge in [-0.1, -0.05) is 48.5 Å². The highest BCUT2D eigenvalue weighted by molar-refractivity contribution is 6.04. The summed E-state index contributed by atoms with van der Waals surface area (Å²) < 4.78 is 0. The number of nitrogens with zero attached hydrogens (tertiary/aromatic N) is 2. The standard InChI is InChI=1S/C23H20N4O/c24-22(28)18-5-3-6-19-21(18)26-23(25-19)17-10-8-15(9-11-17)14-27-13-12-16-4-1-2-7-20(16)27/h1-11H,12-14H2,(H2,24,28)(H,25,26).